The summed E-state index contributed by atoms with van der Waals surface area (Å²) in [6.07, 6.45) is 3.70. The Kier molecular flexibility index (Phi) is 4.13. The summed E-state index contributed by atoms with van der Waals surface area (Å²) in [5.74, 6) is -0.129. The second-order valence-electron chi connectivity index (χ2n) is 4.05. The van der Waals surface area contributed by atoms with E-state index in [9.17, 15) is 4.79 Å². The summed E-state index contributed by atoms with van der Waals surface area (Å²) in [5.41, 5.74) is 1.49. The summed E-state index contributed by atoms with van der Waals surface area (Å²) >= 11 is 1.84. The average Bonchev–Trinajstić information content (AvgIpc) is 2.86. The molecule has 0 saturated heterocycles. The molecule has 0 radical (unpaired) electrons. The smallest absolute Gasteiger partial charge is 0.234 e. The number of carbonyl (C=O) groups is 1. The molecule has 90 valence electrons. The Labute approximate surface area is 105 Å². The minimum absolute atomic E-state index is 0.0772. The Morgan fingerprint density at radius 1 is 1.53 bits per heavy atom. The number of amides is 1. The lowest BCUT2D eigenvalue weighted by Gasteiger charge is -2.02. The van der Waals surface area contributed by atoms with Gasteiger partial charge < -0.3 is 10.6 Å². The van der Waals surface area contributed by atoms with E-state index in [0.29, 0.717) is 0 Å². The van der Waals surface area contributed by atoms with Crippen LogP contribution in [0.25, 0.3) is 0 Å². The zero-order valence-corrected chi connectivity index (χ0v) is 10.4. The van der Waals surface area contributed by atoms with E-state index in [-0.39, 0.29) is 19.0 Å². The van der Waals surface area contributed by atoms with Crippen molar-refractivity contribution in [1.29, 1.82) is 5.26 Å². The normalized spacial score (nSPS) is 13.1. The van der Waals surface area contributed by atoms with E-state index in [1.807, 2.05) is 17.4 Å². The van der Waals surface area contributed by atoms with Crippen LogP contribution in [0.4, 0.5) is 0 Å². The molecule has 2 rings (SSSR count). The Morgan fingerprint density at radius 3 is 3.18 bits per heavy atom. The summed E-state index contributed by atoms with van der Waals surface area (Å²) < 4.78 is 0. The Hall–Kier alpha value is -1.38. The van der Waals surface area contributed by atoms with Crippen LogP contribution in [0.2, 0.25) is 0 Å². The molecule has 0 atom stereocenters. The first-order valence-electron chi connectivity index (χ1n) is 5.74. The molecule has 0 fully saturated rings. The maximum absolute atomic E-state index is 11.2. The van der Waals surface area contributed by atoms with Crippen molar-refractivity contribution in [3.63, 3.8) is 0 Å². The van der Waals surface area contributed by atoms with Gasteiger partial charge in [0.25, 0.3) is 0 Å². The molecule has 1 heterocycles. The number of thiophene rings is 1. The van der Waals surface area contributed by atoms with Gasteiger partial charge in [0, 0.05) is 16.3 Å². The van der Waals surface area contributed by atoms with E-state index in [4.69, 9.17) is 5.26 Å². The second-order valence-corrected chi connectivity index (χ2v) is 5.27. The van der Waals surface area contributed by atoms with Crippen LogP contribution in [0.3, 0.4) is 0 Å². The van der Waals surface area contributed by atoms with Gasteiger partial charge in [-0.25, -0.2) is 0 Å². The van der Waals surface area contributed by atoms with Gasteiger partial charge in [-0.15, -0.1) is 11.3 Å². The Morgan fingerprint density at radius 2 is 2.41 bits per heavy atom. The SMILES string of the molecule is N#CCNC(=O)CNCc1cc2c(s1)CCC2. The van der Waals surface area contributed by atoms with E-state index >= 15 is 0 Å². The topological polar surface area (TPSA) is 64.9 Å². The highest BCUT2D eigenvalue weighted by atomic mass is 32.1. The average molecular weight is 249 g/mol. The van der Waals surface area contributed by atoms with Crippen LogP contribution >= 0.6 is 11.3 Å². The maximum Gasteiger partial charge on any atom is 0.234 e. The number of nitriles is 1. The molecule has 0 aliphatic heterocycles. The van der Waals surface area contributed by atoms with Gasteiger partial charge in [0.05, 0.1) is 12.6 Å². The van der Waals surface area contributed by atoms with Gasteiger partial charge in [0.1, 0.15) is 6.54 Å². The number of fused-ring (bicyclic) bond motifs is 1. The number of carbonyl (C=O) groups excluding carboxylic acids is 1. The molecule has 0 unspecified atom stereocenters. The second kappa shape index (κ2) is 5.80. The molecule has 1 aliphatic rings. The maximum atomic E-state index is 11.2. The number of rotatable bonds is 5. The minimum Gasteiger partial charge on any atom is -0.342 e. The van der Waals surface area contributed by atoms with Crippen LogP contribution in [0.15, 0.2) is 6.07 Å². The van der Waals surface area contributed by atoms with Crippen molar-refractivity contribution in [3.05, 3.63) is 21.4 Å². The molecule has 1 aromatic rings. The molecule has 4 nitrogen and oxygen atoms in total. The van der Waals surface area contributed by atoms with E-state index in [1.165, 1.54) is 34.6 Å². The van der Waals surface area contributed by atoms with Gasteiger partial charge in [0.15, 0.2) is 0 Å². The summed E-state index contributed by atoms with van der Waals surface area (Å²) in [6, 6.07) is 4.12. The minimum atomic E-state index is -0.129. The quantitative estimate of drug-likeness (QED) is 0.764. The van der Waals surface area contributed by atoms with Crippen molar-refractivity contribution < 1.29 is 4.79 Å². The summed E-state index contributed by atoms with van der Waals surface area (Å²) in [7, 11) is 0. The van der Waals surface area contributed by atoms with Crippen LogP contribution in [0, 0.1) is 11.3 Å². The van der Waals surface area contributed by atoms with Crippen LogP contribution in [-0.4, -0.2) is 19.0 Å². The predicted octanol–water partition coefficient (Wildman–Crippen LogP) is 0.966. The van der Waals surface area contributed by atoms with E-state index in [0.717, 1.165) is 6.54 Å². The third kappa shape index (κ3) is 3.29. The van der Waals surface area contributed by atoms with Gasteiger partial charge in [-0.1, -0.05) is 0 Å². The molecule has 0 saturated carbocycles. The highest BCUT2D eigenvalue weighted by Gasteiger charge is 2.14. The third-order valence-corrected chi connectivity index (χ3v) is 3.98. The molecule has 1 aliphatic carbocycles. The Bertz CT molecular complexity index is 426. The van der Waals surface area contributed by atoms with Crippen LogP contribution in [0.5, 0.6) is 0 Å². The fraction of sp³-hybridized carbons (Fsp3) is 0.500. The van der Waals surface area contributed by atoms with Crippen molar-refractivity contribution in [2.45, 2.75) is 25.8 Å². The molecule has 1 amide bonds. The summed E-state index contributed by atoms with van der Waals surface area (Å²) in [6.45, 7) is 1.08. The Balaban J connectivity index is 1.71. The molecule has 0 bridgehead atoms. The number of hydrogen-bond acceptors (Lipinski definition) is 4. The third-order valence-electron chi connectivity index (χ3n) is 2.75. The molecule has 0 aromatic carbocycles. The van der Waals surface area contributed by atoms with Crippen molar-refractivity contribution in [2.75, 3.05) is 13.1 Å². The zero-order valence-electron chi connectivity index (χ0n) is 9.58. The van der Waals surface area contributed by atoms with Gasteiger partial charge >= 0.3 is 0 Å². The first-order chi connectivity index (χ1) is 8.29. The fourth-order valence-corrected chi connectivity index (χ4v) is 3.21. The number of nitrogens with one attached hydrogen (secondary N) is 2. The van der Waals surface area contributed by atoms with Crippen molar-refractivity contribution in [2.24, 2.45) is 0 Å². The van der Waals surface area contributed by atoms with Gasteiger partial charge in [-0.05, 0) is 30.9 Å². The zero-order chi connectivity index (χ0) is 12.1. The van der Waals surface area contributed by atoms with Crippen molar-refractivity contribution >= 4 is 17.2 Å². The number of nitrogens with zero attached hydrogens (tertiary/aromatic N) is 1. The van der Waals surface area contributed by atoms with Crippen molar-refractivity contribution in [1.82, 2.24) is 10.6 Å². The first kappa shape index (κ1) is 12.1. The summed E-state index contributed by atoms with van der Waals surface area (Å²) in [5, 5.41) is 13.9. The lowest BCUT2D eigenvalue weighted by Crippen LogP contribution is -2.33. The molecule has 0 spiro atoms. The van der Waals surface area contributed by atoms with E-state index in [1.54, 1.807) is 0 Å². The molecule has 2 N–H and O–H groups in total. The van der Waals surface area contributed by atoms with E-state index < -0.39 is 0 Å². The largest absolute Gasteiger partial charge is 0.342 e. The lowest BCUT2D eigenvalue weighted by molar-refractivity contribution is -0.120. The van der Waals surface area contributed by atoms with Crippen molar-refractivity contribution in [3.8, 4) is 6.07 Å². The lowest BCUT2D eigenvalue weighted by atomic mass is 10.2. The van der Waals surface area contributed by atoms with Crippen LogP contribution < -0.4 is 10.6 Å². The van der Waals surface area contributed by atoms with Crippen LogP contribution in [0.1, 0.15) is 21.7 Å². The standard InChI is InChI=1S/C12H15N3OS/c13-4-5-15-12(16)8-14-7-10-6-9-2-1-3-11(9)17-10/h6,14H,1-3,5,7-8H2,(H,15,16). The van der Waals surface area contributed by atoms with Gasteiger partial charge in [0.2, 0.25) is 5.91 Å². The molecular formula is C12H15N3OS. The molecule has 1 aromatic heterocycles. The monoisotopic (exact) mass is 249 g/mol. The predicted molar refractivity (Wildman–Crippen MR) is 66.7 cm³/mol. The molecular weight excluding hydrogens is 234 g/mol. The van der Waals surface area contributed by atoms with E-state index in [2.05, 4.69) is 16.7 Å². The molecule has 17 heavy (non-hydrogen) atoms. The van der Waals surface area contributed by atoms with Gasteiger partial charge in [-0.2, -0.15) is 5.26 Å². The highest BCUT2D eigenvalue weighted by molar-refractivity contribution is 7.12. The van der Waals surface area contributed by atoms with Gasteiger partial charge in [-0.3, -0.25) is 4.79 Å². The number of aryl methyl sites for hydroxylation is 2. The van der Waals surface area contributed by atoms with Crippen LogP contribution in [-0.2, 0) is 24.2 Å². The number of hydrogen-bond donors (Lipinski definition) is 2. The summed E-state index contributed by atoms with van der Waals surface area (Å²) in [4.78, 5) is 14.0. The first-order valence-corrected chi connectivity index (χ1v) is 6.56. The molecule has 5 heteroatoms. The highest BCUT2D eigenvalue weighted by Crippen LogP contribution is 2.30. The fourth-order valence-electron chi connectivity index (χ4n) is 1.98.